The van der Waals surface area contributed by atoms with Crippen LogP contribution in [0.25, 0.3) is 0 Å². The molecule has 21 heavy (non-hydrogen) atoms. The number of thiocarbonyl (C=S) groups is 1. The standard InChI is InChI=1S/C13H12F3N3S2/c1-7-18-5-9(21-7)6-19-11-3-2-8(13(14,15)16)4-10(11)12(17)20/h2-5,19H,6H2,1H3,(H2,17,20). The summed E-state index contributed by atoms with van der Waals surface area (Å²) in [6, 6.07) is 3.30. The molecule has 2 aromatic rings. The number of nitrogens with two attached hydrogens (primary N) is 1. The molecule has 1 heterocycles. The van der Waals surface area contributed by atoms with Crippen LogP contribution in [0.2, 0.25) is 0 Å². The van der Waals surface area contributed by atoms with E-state index in [0.717, 1.165) is 22.0 Å². The van der Waals surface area contributed by atoms with Crippen LogP contribution >= 0.6 is 23.6 Å². The first kappa shape index (κ1) is 15.7. The van der Waals surface area contributed by atoms with Gasteiger partial charge in [0.2, 0.25) is 0 Å². The predicted octanol–water partition coefficient (Wildman–Crippen LogP) is 3.72. The number of hydrogen-bond acceptors (Lipinski definition) is 4. The maximum atomic E-state index is 12.7. The van der Waals surface area contributed by atoms with Crippen LogP contribution < -0.4 is 11.1 Å². The first-order chi connectivity index (χ1) is 9.77. The topological polar surface area (TPSA) is 50.9 Å². The minimum atomic E-state index is -4.42. The number of benzene rings is 1. The smallest absolute Gasteiger partial charge is 0.389 e. The second-order valence-corrected chi connectivity index (χ2v) is 6.08. The van der Waals surface area contributed by atoms with Crippen molar-refractivity contribution < 1.29 is 13.2 Å². The predicted molar refractivity (Wildman–Crippen MR) is 81.5 cm³/mol. The Kier molecular flexibility index (Phi) is 4.48. The molecular weight excluding hydrogens is 319 g/mol. The fraction of sp³-hybridized carbons (Fsp3) is 0.231. The van der Waals surface area contributed by atoms with E-state index < -0.39 is 11.7 Å². The van der Waals surface area contributed by atoms with Gasteiger partial charge in [-0.2, -0.15) is 13.2 Å². The maximum Gasteiger partial charge on any atom is 0.416 e. The zero-order valence-electron chi connectivity index (χ0n) is 11.0. The van der Waals surface area contributed by atoms with Gasteiger partial charge >= 0.3 is 6.18 Å². The van der Waals surface area contributed by atoms with Crippen molar-refractivity contribution in [2.45, 2.75) is 19.6 Å². The van der Waals surface area contributed by atoms with Crippen LogP contribution in [0.1, 0.15) is 21.0 Å². The molecule has 0 aliphatic rings. The van der Waals surface area contributed by atoms with Crippen LogP contribution in [0.15, 0.2) is 24.4 Å². The van der Waals surface area contributed by atoms with Gasteiger partial charge in [0.1, 0.15) is 4.99 Å². The van der Waals surface area contributed by atoms with E-state index in [1.54, 1.807) is 6.20 Å². The molecule has 0 fully saturated rings. The summed E-state index contributed by atoms with van der Waals surface area (Å²) in [5.41, 5.74) is 5.40. The van der Waals surface area contributed by atoms with Gasteiger partial charge < -0.3 is 11.1 Å². The zero-order chi connectivity index (χ0) is 15.6. The van der Waals surface area contributed by atoms with Gasteiger partial charge in [0, 0.05) is 22.3 Å². The van der Waals surface area contributed by atoms with Crippen molar-refractivity contribution in [2.24, 2.45) is 5.73 Å². The molecule has 1 aromatic carbocycles. The number of hydrogen-bond donors (Lipinski definition) is 2. The summed E-state index contributed by atoms with van der Waals surface area (Å²) < 4.78 is 38.1. The van der Waals surface area contributed by atoms with Crippen molar-refractivity contribution in [3.63, 3.8) is 0 Å². The summed E-state index contributed by atoms with van der Waals surface area (Å²) in [4.78, 5) is 5.01. The third-order valence-corrected chi connectivity index (χ3v) is 3.87. The number of rotatable bonds is 4. The Bertz CT molecular complexity index is 665. The molecule has 0 aliphatic heterocycles. The highest BCUT2D eigenvalue weighted by molar-refractivity contribution is 7.80. The van der Waals surface area contributed by atoms with Crippen LogP contribution in [0.4, 0.5) is 18.9 Å². The van der Waals surface area contributed by atoms with E-state index >= 15 is 0 Å². The van der Waals surface area contributed by atoms with E-state index in [-0.39, 0.29) is 10.6 Å². The van der Waals surface area contributed by atoms with Gasteiger partial charge in [-0.3, -0.25) is 0 Å². The Hall–Kier alpha value is -1.67. The molecule has 0 saturated heterocycles. The third-order valence-electron chi connectivity index (χ3n) is 2.73. The van der Waals surface area contributed by atoms with E-state index in [2.05, 4.69) is 10.3 Å². The molecule has 0 amide bonds. The summed E-state index contributed by atoms with van der Waals surface area (Å²) in [7, 11) is 0. The van der Waals surface area contributed by atoms with Gasteiger partial charge in [0.25, 0.3) is 0 Å². The van der Waals surface area contributed by atoms with Gasteiger partial charge in [0.05, 0.1) is 17.1 Å². The fourth-order valence-electron chi connectivity index (χ4n) is 1.75. The number of thiazole rings is 1. The number of aryl methyl sites for hydroxylation is 1. The van der Waals surface area contributed by atoms with Gasteiger partial charge in [0.15, 0.2) is 0 Å². The van der Waals surface area contributed by atoms with Crippen molar-refractivity contribution in [1.82, 2.24) is 4.98 Å². The van der Waals surface area contributed by atoms with Crippen LogP contribution in [-0.4, -0.2) is 9.97 Å². The van der Waals surface area contributed by atoms with Crippen LogP contribution in [-0.2, 0) is 12.7 Å². The average Bonchev–Trinajstić information content (AvgIpc) is 2.80. The lowest BCUT2D eigenvalue weighted by Gasteiger charge is -2.14. The van der Waals surface area contributed by atoms with Crippen LogP contribution in [0.5, 0.6) is 0 Å². The summed E-state index contributed by atoms with van der Waals surface area (Å²) in [6.07, 6.45) is -2.70. The van der Waals surface area contributed by atoms with E-state index in [4.69, 9.17) is 18.0 Å². The van der Waals surface area contributed by atoms with Gasteiger partial charge in [-0.25, -0.2) is 4.98 Å². The number of anilines is 1. The van der Waals surface area contributed by atoms with Crippen molar-refractivity contribution in [1.29, 1.82) is 0 Å². The molecule has 112 valence electrons. The number of halogens is 3. The van der Waals surface area contributed by atoms with Crippen molar-refractivity contribution in [2.75, 3.05) is 5.32 Å². The molecule has 8 heteroatoms. The number of aromatic nitrogens is 1. The Balaban J connectivity index is 2.24. The second kappa shape index (κ2) is 5.98. The maximum absolute atomic E-state index is 12.7. The highest BCUT2D eigenvalue weighted by atomic mass is 32.1. The molecule has 0 unspecified atom stereocenters. The number of nitrogens with one attached hydrogen (secondary N) is 1. The average molecular weight is 331 g/mol. The SMILES string of the molecule is Cc1ncc(CNc2ccc(C(F)(F)F)cc2C(N)=S)s1. The fourth-order valence-corrected chi connectivity index (χ4v) is 2.65. The lowest BCUT2D eigenvalue weighted by atomic mass is 10.1. The van der Waals surface area contributed by atoms with Gasteiger partial charge in [-0.05, 0) is 25.1 Å². The quantitative estimate of drug-likeness (QED) is 0.839. The largest absolute Gasteiger partial charge is 0.416 e. The van der Waals surface area contributed by atoms with Crippen molar-refractivity contribution in [3.8, 4) is 0 Å². The van der Waals surface area contributed by atoms with Crippen molar-refractivity contribution in [3.05, 3.63) is 45.4 Å². The lowest BCUT2D eigenvalue weighted by Crippen LogP contribution is -2.15. The highest BCUT2D eigenvalue weighted by Crippen LogP contribution is 2.32. The number of nitrogens with zero attached hydrogens (tertiary/aromatic N) is 1. The summed E-state index contributed by atoms with van der Waals surface area (Å²) in [5.74, 6) is 0. The molecule has 0 spiro atoms. The minimum Gasteiger partial charge on any atom is -0.389 e. The molecule has 3 nitrogen and oxygen atoms in total. The Morgan fingerprint density at radius 3 is 2.67 bits per heavy atom. The molecule has 1 aromatic heterocycles. The first-order valence-electron chi connectivity index (χ1n) is 5.93. The van der Waals surface area contributed by atoms with Gasteiger partial charge in [-0.1, -0.05) is 12.2 Å². The molecule has 2 rings (SSSR count). The molecule has 0 atom stereocenters. The normalized spacial score (nSPS) is 11.4. The van der Waals surface area contributed by atoms with Crippen LogP contribution in [0, 0.1) is 6.92 Å². The second-order valence-electron chi connectivity index (χ2n) is 4.32. The molecular formula is C13H12F3N3S2. The molecule has 0 aliphatic carbocycles. The third kappa shape index (κ3) is 3.92. The van der Waals surface area contributed by atoms with Crippen LogP contribution in [0.3, 0.4) is 0 Å². The van der Waals surface area contributed by atoms with E-state index in [0.29, 0.717) is 12.2 Å². The summed E-state index contributed by atoms with van der Waals surface area (Å²) in [5, 5.41) is 3.96. The van der Waals surface area contributed by atoms with E-state index in [1.165, 1.54) is 17.4 Å². The number of alkyl halides is 3. The lowest BCUT2D eigenvalue weighted by molar-refractivity contribution is -0.137. The van der Waals surface area contributed by atoms with E-state index in [1.807, 2.05) is 6.92 Å². The first-order valence-corrected chi connectivity index (χ1v) is 7.16. The minimum absolute atomic E-state index is 0.0796. The monoisotopic (exact) mass is 331 g/mol. The zero-order valence-corrected chi connectivity index (χ0v) is 12.6. The Morgan fingerprint density at radius 2 is 2.14 bits per heavy atom. The Morgan fingerprint density at radius 1 is 1.43 bits per heavy atom. The Labute approximate surface area is 129 Å². The summed E-state index contributed by atoms with van der Waals surface area (Å²) >= 11 is 6.34. The highest BCUT2D eigenvalue weighted by Gasteiger charge is 2.31. The van der Waals surface area contributed by atoms with Gasteiger partial charge in [-0.15, -0.1) is 11.3 Å². The molecule has 3 N–H and O–H groups in total. The molecule has 0 bridgehead atoms. The van der Waals surface area contributed by atoms with E-state index in [9.17, 15) is 13.2 Å². The molecule has 0 saturated carbocycles. The summed E-state index contributed by atoms with van der Waals surface area (Å²) in [6.45, 7) is 2.33. The molecule has 0 radical (unpaired) electrons. The van der Waals surface area contributed by atoms with Crippen molar-refractivity contribution >= 4 is 34.2 Å².